The molecule has 1 heterocycles. The van der Waals surface area contributed by atoms with Crippen molar-refractivity contribution in [2.45, 2.75) is 0 Å². The molecule has 1 saturated heterocycles. The van der Waals surface area contributed by atoms with Crippen molar-refractivity contribution < 1.29 is 28.5 Å². The van der Waals surface area contributed by atoms with Crippen LogP contribution in [-0.2, 0) is 9.59 Å². The zero-order valence-corrected chi connectivity index (χ0v) is 18.8. The van der Waals surface area contributed by atoms with Crippen LogP contribution in [0.2, 0.25) is 0 Å². The Morgan fingerprint density at radius 1 is 0.794 bits per heavy atom. The second kappa shape index (κ2) is 10.4. The molecule has 4 rings (SSSR count). The Kier molecular flexibility index (Phi) is 6.98. The van der Waals surface area contributed by atoms with E-state index in [1.54, 1.807) is 56.7 Å². The summed E-state index contributed by atoms with van der Waals surface area (Å²) < 4.78 is 22.0. The number of ether oxygens (including phenoxy) is 4. The number of rotatable bonds is 9. The molecule has 0 bridgehead atoms. The summed E-state index contributed by atoms with van der Waals surface area (Å²) in [4.78, 5) is 25.5. The summed E-state index contributed by atoms with van der Waals surface area (Å²) in [6.07, 6.45) is 1.50. The quantitative estimate of drug-likeness (QED) is 0.298. The minimum absolute atomic E-state index is 0.00330. The van der Waals surface area contributed by atoms with E-state index in [0.717, 1.165) is 5.75 Å². The summed E-state index contributed by atoms with van der Waals surface area (Å²) in [6.45, 7) is 0.556. The number of benzene rings is 3. The third-order valence-electron chi connectivity index (χ3n) is 5.09. The molecular weight excluding hydrogens is 436 g/mol. The fraction of sp³-hybridized carbons (Fsp3) is 0.154. The van der Waals surface area contributed by atoms with Crippen LogP contribution < -0.4 is 29.4 Å². The molecule has 174 valence electrons. The minimum Gasteiger partial charge on any atom is -0.497 e. The Balaban J connectivity index is 1.48. The van der Waals surface area contributed by atoms with Crippen molar-refractivity contribution in [2.75, 3.05) is 32.4 Å². The van der Waals surface area contributed by atoms with Crippen LogP contribution in [0, 0.1) is 0 Å². The SMILES string of the molecule is COc1ccc(OCCOc2ccc(OC)cc2C=C2C(=O)NN(c3ccccc3)C2=O)cc1. The fourth-order valence-corrected chi connectivity index (χ4v) is 3.35. The van der Waals surface area contributed by atoms with Crippen molar-refractivity contribution in [3.63, 3.8) is 0 Å². The van der Waals surface area contributed by atoms with E-state index in [-0.39, 0.29) is 12.2 Å². The molecule has 0 unspecified atom stereocenters. The first-order chi connectivity index (χ1) is 16.6. The second-order valence-corrected chi connectivity index (χ2v) is 7.25. The highest BCUT2D eigenvalue weighted by molar-refractivity contribution is 6.31. The van der Waals surface area contributed by atoms with E-state index in [1.807, 2.05) is 30.3 Å². The van der Waals surface area contributed by atoms with Gasteiger partial charge in [-0.1, -0.05) is 18.2 Å². The topological polar surface area (TPSA) is 86.3 Å². The molecular formula is C26H24N2O6. The smallest absolute Gasteiger partial charge is 0.282 e. The number of nitrogens with one attached hydrogen (secondary N) is 1. The summed E-state index contributed by atoms with van der Waals surface area (Å²) in [6, 6.07) is 21.3. The van der Waals surface area contributed by atoms with E-state index >= 15 is 0 Å². The number of hydrogen-bond acceptors (Lipinski definition) is 6. The summed E-state index contributed by atoms with van der Waals surface area (Å²) in [5, 5.41) is 1.22. The number of nitrogens with zero attached hydrogens (tertiary/aromatic N) is 1. The van der Waals surface area contributed by atoms with Gasteiger partial charge in [0.1, 0.15) is 41.8 Å². The zero-order chi connectivity index (χ0) is 23.9. The third-order valence-corrected chi connectivity index (χ3v) is 5.09. The van der Waals surface area contributed by atoms with E-state index < -0.39 is 11.8 Å². The standard InChI is InChI=1S/C26H24N2O6/c1-31-20-8-10-21(11-9-20)33-14-15-34-24-13-12-22(32-2)16-18(24)17-23-25(29)27-28(26(23)30)19-6-4-3-5-7-19/h3-13,16-17H,14-15H2,1-2H3,(H,27,29). The van der Waals surface area contributed by atoms with Crippen LogP contribution >= 0.6 is 0 Å². The van der Waals surface area contributed by atoms with Crippen LogP contribution in [-0.4, -0.2) is 39.2 Å². The number of carbonyl (C=O) groups is 2. The van der Waals surface area contributed by atoms with Crippen LogP contribution in [0.1, 0.15) is 5.56 Å². The lowest BCUT2D eigenvalue weighted by molar-refractivity contribution is -0.117. The monoisotopic (exact) mass is 460 g/mol. The summed E-state index contributed by atoms with van der Waals surface area (Å²) in [5.74, 6) is 1.55. The number of hydrogen-bond donors (Lipinski definition) is 1. The zero-order valence-electron chi connectivity index (χ0n) is 18.8. The van der Waals surface area contributed by atoms with Crippen molar-refractivity contribution in [3.8, 4) is 23.0 Å². The Morgan fingerprint density at radius 2 is 1.44 bits per heavy atom. The highest BCUT2D eigenvalue weighted by Gasteiger charge is 2.34. The average molecular weight is 460 g/mol. The van der Waals surface area contributed by atoms with Gasteiger partial charge in [0.2, 0.25) is 0 Å². The Morgan fingerprint density at radius 3 is 2.15 bits per heavy atom. The lowest BCUT2D eigenvalue weighted by Crippen LogP contribution is -2.35. The molecule has 8 nitrogen and oxygen atoms in total. The first-order valence-corrected chi connectivity index (χ1v) is 10.6. The first kappa shape index (κ1) is 22.7. The van der Waals surface area contributed by atoms with Crippen molar-refractivity contribution >= 4 is 23.6 Å². The van der Waals surface area contributed by atoms with Gasteiger partial charge < -0.3 is 18.9 Å². The molecule has 0 radical (unpaired) electrons. The molecule has 0 spiro atoms. The molecule has 8 heteroatoms. The van der Waals surface area contributed by atoms with Crippen molar-refractivity contribution in [2.24, 2.45) is 0 Å². The van der Waals surface area contributed by atoms with E-state index in [0.29, 0.717) is 35.1 Å². The van der Waals surface area contributed by atoms with Crippen molar-refractivity contribution in [3.05, 3.63) is 83.9 Å². The van der Waals surface area contributed by atoms with Gasteiger partial charge in [-0.05, 0) is 60.7 Å². The molecule has 1 N–H and O–H groups in total. The molecule has 3 aromatic rings. The van der Waals surface area contributed by atoms with Gasteiger partial charge in [0.15, 0.2) is 0 Å². The number of hydrazine groups is 1. The van der Waals surface area contributed by atoms with Crippen LogP contribution in [0.25, 0.3) is 6.08 Å². The Bertz CT molecular complexity index is 1190. The lowest BCUT2D eigenvalue weighted by atomic mass is 10.1. The highest BCUT2D eigenvalue weighted by Crippen LogP contribution is 2.29. The van der Waals surface area contributed by atoms with Crippen LogP contribution in [0.5, 0.6) is 23.0 Å². The molecule has 0 saturated carbocycles. The number of amides is 2. The van der Waals surface area contributed by atoms with Gasteiger partial charge in [-0.3, -0.25) is 15.0 Å². The van der Waals surface area contributed by atoms with Gasteiger partial charge in [0.05, 0.1) is 19.9 Å². The van der Waals surface area contributed by atoms with Crippen molar-refractivity contribution in [1.29, 1.82) is 0 Å². The Labute approximate surface area is 197 Å². The van der Waals surface area contributed by atoms with Gasteiger partial charge in [-0.25, -0.2) is 5.01 Å². The molecule has 1 aliphatic rings. The fourth-order valence-electron chi connectivity index (χ4n) is 3.35. The predicted molar refractivity (Wildman–Crippen MR) is 127 cm³/mol. The lowest BCUT2D eigenvalue weighted by Gasteiger charge is -2.14. The number of methoxy groups -OCH3 is 2. The number of carbonyl (C=O) groups excluding carboxylic acids is 2. The molecule has 3 aromatic carbocycles. The normalized spacial score (nSPS) is 14.2. The number of anilines is 1. The van der Waals surface area contributed by atoms with Crippen LogP contribution in [0.15, 0.2) is 78.4 Å². The first-order valence-electron chi connectivity index (χ1n) is 10.6. The number of para-hydroxylation sites is 1. The van der Waals surface area contributed by atoms with Gasteiger partial charge in [0.25, 0.3) is 11.8 Å². The molecule has 0 aromatic heterocycles. The molecule has 1 fully saturated rings. The molecule has 0 aliphatic carbocycles. The minimum atomic E-state index is -0.495. The maximum absolute atomic E-state index is 12.9. The largest absolute Gasteiger partial charge is 0.497 e. The maximum atomic E-state index is 12.9. The van der Waals surface area contributed by atoms with E-state index in [9.17, 15) is 9.59 Å². The predicted octanol–water partition coefficient (Wildman–Crippen LogP) is 3.62. The summed E-state index contributed by atoms with van der Waals surface area (Å²) in [5.41, 5.74) is 3.70. The van der Waals surface area contributed by atoms with Gasteiger partial charge in [-0.2, -0.15) is 0 Å². The highest BCUT2D eigenvalue weighted by atomic mass is 16.5. The average Bonchev–Trinajstić information content (AvgIpc) is 3.16. The Hall–Kier alpha value is -4.46. The molecule has 2 amide bonds. The van der Waals surface area contributed by atoms with E-state index in [1.165, 1.54) is 11.1 Å². The van der Waals surface area contributed by atoms with Crippen molar-refractivity contribution in [1.82, 2.24) is 5.43 Å². The summed E-state index contributed by atoms with van der Waals surface area (Å²) >= 11 is 0. The maximum Gasteiger partial charge on any atom is 0.282 e. The molecule has 0 atom stereocenters. The molecule has 34 heavy (non-hydrogen) atoms. The van der Waals surface area contributed by atoms with Gasteiger partial charge >= 0.3 is 0 Å². The van der Waals surface area contributed by atoms with Crippen LogP contribution in [0.3, 0.4) is 0 Å². The summed E-state index contributed by atoms with van der Waals surface area (Å²) in [7, 11) is 3.15. The van der Waals surface area contributed by atoms with Crippen LogP contribution in [0.4, 0.5) is 5.69 Å². The van der Waals surface area contributed by atoms with E-state index in [2.05, 4.69) is 5.43 Å². The van der Waals surface area contributed by atoms with Gasteiger partial charge in [-0.15, -0.1) is 0 Å². The van der Waals surface area contributed by atoms with E-state index in [4.69, 9.17) is 18.9 Å². The second-order valence-electron chi connectivity index (χ2n) is 7.25. The molecule has 1 aliphatic heterocycles. The van der Waals surface area contributed by atoms with Gasteiger partial charge in [0, 0.05) is 5.56 Å². The third kappa shape index (κ3) is 5.12.